The Morgan fingerprint density at radius 3 is 2.81 bits per heavy atom. The smallest absolute Gasteiger partial charge is 0.277 e. The van der Waals surface area contributed by atoms with Crippen molar-refractivity contribution in [3.63, 3.8) is 0 Å². The van der Waals surface area contributed by atoms with Crippen molar-refractivity contribution in [2.45, 2.75) is 20.3 Å². The Morgan fingerprint density at radius 1 is 1.43 bits per heavy atom. The van der Waals surface area contributed by atoms with Crippen LogP contribution in [0.25, 0.3) is 0 Å². The van der Waals surface area contributed by atoms with Crippen molar-refractivity contribution in [1.82, 2.24) is 5.43 Å². The standard InChI is InChI=1S/C16H22N2O3/c1-5-6-13-7-8-14(15(9-13)20-4)21-11-16(19)18-17-10-12(2)3/h5,7-10,12H,1,6,11H2,2-4H3,(H,18,19)/b17-10+. The molecule has 0 spiro atoms. The maximum atomic E-state index is 11.6. The molecule has 1 aromatic rings. The van der Waals surface area contributed by atoms with E-state index in [0.717, 1.165) is 12.0 Å². The molecule has 0 aromatic heterocycles. The topological polar surface area (TPSA) is 59.9 Å². The van der Waals surface area contributed by atoms with E-state index in [1.165, 1.54) is 0 Å². The highest BCUT2D eigenvalue weighted by atomic mass is 16.5. The van der Waals surface area contributed by atoms with Crippen molar-refractivity contribution >= 4 is 12.1 Å². The van der Waals surface area contributed by atoms with Gasteiger partial charge in [0.25, 0.3) is 5.91 Å². The molecule has 0 unspecified atom stereocenters. The minimum Gasteiger partial charge on any atom is -0.493 e. The second-order valence-corrected chi connectivity index (χ2v) is 4.82. The van der Waals surface area contributed by atoms with Crippen LogP contribution in [0.4, 0.5) is 0 Å². The Balaban J connectivity index is 2.58. The molecule has 0 saturated heterocycles. The van der Waals surface area contributed by atoms with Crippen LogP contribution in [0.1, 0.15) is 19.4 Å². The quantitative estimate of drug-likeness (QED) is 0.455. The van der Waals surface area contributed by atoms with Crippen molar-refractivity contribution in [2.24, 2.45) is 11.0 Å². The lowest BCUT2D eigenvalue weighted by molar-refractivity contribution is -0.123. The molecule has 1 aromatic carbocycles. The fourth-order valence-electron chi connectivity index (χ4n) is 1.56. The van der Waals surface area contributed by atoms with Gasteiger partial charge in [0.2, 0.25) is 0 Å². The summed E-state index contributed by atoms with van der Waals surface area (Å²) >= 11 is 0. The molecule has 114 valence electrons. The Kier molecular flexibility index (Phi) is 7.01. The fourth-order valence-corrected chi connectivity index (χ4v) is 1.56. The van der Waals surface area contributed by atoms with Gasteiger partial charge in [-0.1, -0.05) is 26.0 Å². The Hall–Kier alpha value is -2.30. The summed E-state index contributed by atoms with van der Waals surface area (Å²) in [5.74, 6) is 1.08. The number of hydrazone groups is 1. The average molecular weight is 290 g/mol. The first-order chi connectivity index (χ1) is 10.1. The van der Waals surface area contributed by atoms with Crippen LogP contribution in [0, 0.1) is 5.92 Å². The molecule has 0 heterocycles. The number of ether oxygens (including phenoxy) is 2. The van der Waals surface area contributed by atoms with Crippen molar-refractivity contribution in [3.05, 3.63) is 36.4 Å². The number of nitrogens with one attached hydrogen (secondary N) is 1. The Bertz CT molecular complexity index is 510. The van der Waals surface area contributed by atoms with Crippen LogP contribution in [0.5, 0.6) is 11.5 Å². The molecule has 0 aliphatic rings. The summed E-state index contributed by atoms with van der Waals surface area (Å²) in [5.41, 5.74) is 3.47. The van der Waals surface area contributed by atoms with E-state index in [9.17, 15) is 4.79 Å². The Morgan fingerprint density at radius 2 is 2.19 bits per heavy atom. The number of hydrogen-bond donors (Lipinski definition) is 1. The van der Waals surface area contributed by atoms with E-state index in [0.29, 0.717) is 11.5 Å². The van der Waals surface area contributed by atoms with Crippen molar-refractivity contribution < 1.29 is 14.3 Å². The van der Waals surface area contributed by atoms with Gasteiger partial charge >= 0.3 is 0 Å². The maximum Gasteiger partial charge on any atom is 0.277 e. The fraction of sp³-hybridized carbons (Fsp3) is 0.375. The number of rotatable bonds is 8. The molecule has 0 aliphatic heterocycles. The first kappa shape index (κ1) is 16.8. The highest BCUT2D eigenvalue weighted by Gasteiger charge is 2.08. The van der Waals surface area contributed by atoms with Gasteiger partial charge in [-0.25, -0.2) is 5.43 Å². The summed E-state index contributed by atoms with van der Waals surface area (Å²) in [4.78, 5) is 11.6. The molecule has 21 heavy (non-hydrogen) atoms. The van der Waals surface area contributed by atoms with Crippen LogP contribution in [0.15, 0.2) is 36.0 Å². The average Bonchev–Trinajstić information content (AvgIpc) is 2.45. The molecule has 0 aliphatic carbocycles. The highest BCUT2D eigenvalue weighted by Crippen LogP contribution is 2.28. The number of carbonyl (C=O) groups is 1. The van der Waals surface area contributed by atoms with Gasteiger partial charge in [-0.05, 0) is 30.0 Å². The lowest BCUT2D eigenvalue weighted by atomic mass is 10.1. The third-order valence-electron chi connectivity index (χ3n) is 2.53. The number of allylic oxidation sites excluding steroid dienone is 1. The summed E-state index contributed by atoms with van der Waals surface area (Å²) in [7, 11) is 1.56. The summed E-state index contributed by atoms with van der Waals surface area (Å²) in [6, 6.07) is 5.56. The van der Waals surface area contributed by atoms with Crippen molar-refractivity contribution in [3.8, 4) is 11.5 Å². The van der Waals surface area contributed by atoms with E-state index >= 15 is 0 Å². The van der Waals surface area contributed by atoms with Crippen LogP contribution in [0.3, 0.4) is 0 Å². The van der Waals surface area contributed by atoms with Gasteiger partial charge in [0.05, 0.1) is 7.11 Å². The molecule has 1 rings (SSSR count). The van der Waals surface area contributed by atoms with Gasteiger partial charge in [0, 0.05) is 6.21 Å². The molecule has 0 radical (unpaired) electrons. The van der Waals surface area contributed by atoms with Gasteiger partial charge in [0.1, 0.15) is 0 Å². The lowest BCUT2D eigenvalue weighted by Crippen LogP contribution is -2.25. The monoisotopic (exact) mass is 290 g/mol. The molecular weight excluding hydrogens is 268 g/mol. The molecule has 0 fully saturated rings. The zero-order chi connectivity index (χ0) is 15.7. The van der Waals surface area contributed by atoms with E-state index in [4.69, 9.17) is 9.47 Å². The number of hydrogen-bond acceptors (Lipinski definition) is 4. The van der Waals surface area contributed by atoms with Crippen LogP contribution < -0.4 is 14.9 Å². The maximum absolute atomic E-state index is 11.6. The Labute approximate surface area is 125 Å². The van der Waals surface area contributed by atoms with Crippen molar-refractivity contribution in [1.29, 1.82) is 0 Å². The SMILES string of the molecule is C=CCc1ccc(OCC(=O)N/N=C/C(C)C)c(OC)c1. The third kappa shape index (κ3) is 6.12. The van der Waals surface area contributed by atoms with E-state index in [1.54, 1.807) is 19.4 Å². The second-order valence-electron chi connectivity index (χ2n) is 4.82. The zero-order valence-corrected chi connectivity index (χ0v) is 12.8. The van der Waals surface area contributed by atoms with E-state index in [-0.39, 0.29) is 18.4 Å². The zero-order valence-electron chi connectivity index (χ0n) is 12.8. The number of nitrogens with zero attached hydrogens (tertiary/aromatic N) is 1. The van der Waals surface area contributed by atoms with Crippen LogP contribution in [-0.4, -0.2) is 25.8 Å². The molecule has 0 bridgehead atoms. The van der Waals surface area contributed by atoms with Gasteiger partial charge in [-0.2, -0.15) is 5.10 Å². The van der Waals surface area contributed by atoms with Gasteiger partial charge in [-0.15, -0.1) is 6.58 Å². The van der Waals surface area contributed by atoms with Gasteiger partial charge in [-0.3, -0.25) is 4.79 Å². The molecule has 0 atom stereocenters. The third-order valence-corrected chi connectivity index (χ3v) is 2.53. The second kappa shape index (κ2) is 8.79. The van der Waals surface area contributed by atoms with E-state index in [1.807, 2.05) is 32.1 Å². The highest BCUT2D eigenvalue weighted by molar-refractivity contribution is 5.78. The first-order valence-corrected chi connectivity index (χ1v) is 6.79. The predicted molar refractivity (Wildman–Crippen MR) is 83.9 cm³/mol. The number of amides is 1. The number of benzene rings is 1. The minimum atomic E-state index is -0.316. The predicted octanol–water partition coefficient (Wildman–Crippen LogP) is 2.56. The summed E-state index contributed by atoms with van der Waals surface area (Å²) in [5, 5.41) is 3.82. The molecule has 1 amide bonds. The van der Waals surface area contributed by atoms with Crippen LogP contribution in [-0.2, 0) is 11.2 Å². The number of carbonyl (C=O) groups excluding carboxylic acids is 1. The van der Waals surface area contributed by atoms with E-state index in [2.05, 4.69) is 17.1 Å². The van der Waals surface area contributed by atoms with E-state index < -0.39 is 0 Å². The first-order valence-electron chi connectivity index (χ1n) is 6.79. The van der Waals surface area contributed by atoms with Gasteiger partial charge in [0.15, 0.2) is 18.1 Å². The molecule has 0 saturated carbocycles. The summed E-state index contributed by atoms with van der Waals surface area (Å²) < 4.78 is 10.7. The molecule has 5 heteroatoms. The molecule has 1 N–H and O–H groups in total. The normalized spacial score (nSPS) is 10.7. The summed E-state index contributed by atoms with van der Waals surface area (Å²) in [6.07, 6.45) is 4.22. The van der Waals surface area contributed by atoms with Crippen LogP contribution in [0.2, 0.25) is 0 Å². The molecular formula is C16H22N2O3. The lowest BCUT2D eigenvalue weighted by Gasteiger charge is -2.11. The van der Waals surface area contributed by atoms with Crippen LogP contribution >= 0.6 is 0 Å². The largest absolute Gasteiger partial charge is 0.493 e. The summed E-state index contributed by atoms with van der Waals surface area (Å²) in [6.45, 7) is 7.53. The molecule has 5 nitrogen and oxygen atoms in total. The van der Waals surface area contributed by atoms with Gasteiger partial charge < -0.3 is 9.47 Å². The van der Waals surface area contributed by atoms with Crippen molar-refractivity contribution in [2.75, 3.05) is 13.7 Å². The minimum absolute atomic E-state index is 0.118. The number of methoxy groups -OCH3 is 1.